The Morgan fingerprint density at radius 1 is 0.500 bits per heavy atom. The second kappa shape index (κ2) is 29.5. The second-order valence-electron chi connectivity index (χ2n) is 0.378. The maximum absolute atomic E-state index is 8.49. The number of hydrogen-bond acceptors (Lipinski definition) is 4. The molecule has 0 unspecified atom stereocenters. The molecule has 0 rings (SSSR count). The van der Waals surface area contributed by atoms with Crippen molar-refractivity contribution in [3.05, 3.63) is 0 Å². The van der Waals surface area contributed by atoms with Crippen LogP contribution in [0.3, 0.4) is 0 Å². The SMILES string of the molecule is O.O.O.O.O.O.[O-][Cl+3]([O-])([O-])[O-].[Tb+3]. The van der Waals surface area contributed by atoms with E-state index in [-0.39, 0.29) is 71.5 Å². The van der Waals surface area contributed by atoms with Crippen molar-refractivity contribution in [3.8, 4) is 0 Å². The van der Waals surface area contributed by atoms with Gasteiger partial charge in [0.05, 0.1) is 0 Å². The zero-order valence-corrected chi connectivity index (χ0v) is 8.24. The molecule has 12 heavy (non-hydrogen) atoms. The van der Waals surface area contributed by atoms with Crippen LogP contribution in [0.4, 0.5) is 0 Å². The van der Waals surface area contributed by atoms with Crippen molar-refractivity contribution in [2.45, 2.75) is 0 Å². The zero-order valence-electron chi connectivity index (χ0n) is 5.34. The Balaban J connectivity index is -0.00000000381. The summed E-state index contributed by atoms with van der Waals surface area (Å²) in [6, 6.07) is 0. The van der Waals surface area contributed by atoms with Crippen LogP contribution in [0, 0.1) is 48.9 Å². The maximum atomic E-state index is 8.49. The molecule has 10 nitrogen and oxygen atoms in total. The smallest absolute Gasteiger partial charge is 0.412 e. The van der Waals surface area contributed by atoms with Gasteiger partial charge < -0.3 is 32.9 Å². The number of hydrogen-bond donors (Lipinski definition) is 0. The van der Waals surface area contributed by atoms with Crippen molar-refractivity contribution >= 4 is 0 Å². The first kappa shape index (κ1) is 72.9. The Hall–Kier alpha value is 1.18. The average Bonchev–Trinajstić information content (AvgIpc) is 0.722. The van der Waals surface area contributed by atoms with Crippen molar-refractivity contribution in [1.29, 1.82) is 0 Å². The molecule has 0 aliphatic heterocycles. The molecule has 86 valence electrons. The van der Waals surface area contributed by atoms with Crippen LogP contribution in [0.15, 0.2) is 0 Å². The Labute approximate surface area is 99.8 Å². The van der Waals surface area contributed by atoms with E-state index >= 15 is 0 Å². The predicted octanol–water partition coefficient (Wildman–Crippen LogP) is -9.70. The molecule has 0 aliphatic rings. The van der Waals surface area contributed by atoms with E-state index in [4.69, 9.17) is 18.6 Å². The molecule has 0 aromatic heterocycles. The van der Waals surface area contributed by atoms with E-state index in [0.717, 1.165) is 0 Å². The summed E-state index contributed by atoms with van der Waals surface area (Å²) in [5.74, 6) is 0. The van der Waals surface area contributed by atoms with Crippen LogP contribution in [0.2, 0.25) is 0 Å². The Morgan fingerprint density at radius 2 is 0.500 bits per heavy atom. The standard InChI is InChI=1S/ClHO4.6H2O.Tb/c2-1(3,4)5;;;;;;;/h(H,2,3,4,5);6*1H2;/q;;;;;;;+3/p-1. The van der Waals surface area contributed by atoms with Gasteiger partial charge in [-0.25, -0.2) is 18.6 Å². The first-order valence-electron chi connectivity index (χ1n) is 0.617. The van der Waals surface area contributed by atoms with Gasteiger partial charge in [0.2, 0.25) is 0 Å². The summed E-state index contributed by atoms with van der Waals surface area (Å²) in [6.45, 7) is 0. The third kappa shape index (κ3) is 837. The van der Waals surface area contributed by atoms with Crippen LogP contribution in [0.5, 0.6) is 0 Å². The molecular formula is H12ClO10Tb+2. The van der Waals surface area contributed by atoms with Crippen molar-refractivity contribution in [2.24, 2.45) is 0 Å². The van der Waals surface area contributed by atoms with Crippen molar-refractivity contribution in [3.63, 3.8) is 0 Å². The van der Waals surface area contributed by atoms with Crippen LogP contribution < -0.4 is 18.6 Å². The molecule has 0 saturated heterocycles. The fraction of sp³-hybridized carbons (Fsp3) is 0. The van der Waals surface area contributed by atoms with E-state index in [0.29, 0.717) is 0 Å². The fourth-order valence-corrected chi connectivity index (χ4v) is 0. The second-order valence-corrected chi connectivity index (χ2v) is 1.13. The van der Waals surface area contributed by atoms with E-state index in [1.54, 1.807) is 0 Å². The van der Waals surface area contributed by atoms with Crippen LogP contribution in [0.1, 0.15) is 0 Å². The molecule has 0 bridgehead atoms. The molecular weight excluding hydrogens is 354 g/mol. The molecule has 0 spiro atoms. The van der Waals surface area contributed by atoms with Gasteiger partial charge in [-0.1, -0.05) is 0 Å². The summed E-state index contributed by atoms with van der Waals surface area (Å²) in [6.07, 6.45) is 0. The minimum atomic E-state index is -4.94. The summed E-state index contributed by atoms with van der Waals surface area (Å²) in [7, 11) is -4.94. The Kier molecular flexibility index (Phi) is 179. The number of rotatable bonds is 0. The molecule has 0 atom stereocenters. The molecule has 0 aromatic carbocycles. The van der Waals surface area contributed by atoms with E-state index in [9.17, 15) is 0 Å². The third-order valence-electron chi connectivity index (χ3n) is 0. The first-order chi connectivity index (χ1) is 2.00. The predicted molar refractivity (Wildman–Crippen MR) is 21.7 cm³/mol. The molecule has 12 heteroatoms. The Bertz CT molecular complexity index is 25.3. The van der Waals surface area contributed by atoms with Crippen LogP contribution in [-0.2, 0) is 0 Å². The van der Waals surface area contributed by atoms with Gasteiger partial charge in [-0.3, -0.25) is 0 Å². The van der Waals surface area contributed by atoms with Gasteiger partial charge in [-0.2, -0.15) is 0 Å². The summed E-state index contributed by atoms with van der Waals surface area (Å²) in [5, 5.41) is 0. The molecule has 0 saturated carbocycles. The van der Waals surface area contributed by atoms with Crippen molar-refractivity contribution in [2.75, 3.05) is 0 Å². The summed E-state index contributed by atoms with van der Waals surface area (Å²) in [5.41, 5.74) is 0. The van der Waals surface area contributed by atoms with Crippen molar-refractivity contribution < 1.29 is 100 Å². The third-order valence-corrected chi connectivity index (χ3v) is 0. The van der Waals surface area contributed by atoms with Crippen LogP contribution in [0.25, 0.3) is 0 Å². The minimum Gasteiger partial charge on any atom is -0.412 e. The molecule has 0 heterocycles. The molecule has 0 aliphatic carbocycles. The summed E-state index contributed by atoms with van der Waals surface area (Å²) < 4.78 is 34.0. The quantitative estimate of drug-likeness (QED) is 0.403. The first-order valence-corrected chi connectivity index (χ1v) is 1.85. The van der Waals surface area contributed by atoms with Gasteiger partial charge in [0, 0.05) is 0 Å². The van der Waals surface area contributed by atoms with Crippen molar-refractivity contribution in [1.82, 2.24) is 0 Å². The van der Waals surface area contributed by atoms with E-state index in [1.165, 1.54) is 0 Å². The van der Waals surface area contributed by atoms with Gasteiger partial charge in [0.15, 0.2) is 0 Å². The molecule has 12 N–H and O–H groups in total. The largest absolute Gasteiger partial charge is 3.00 e. The summed E-state index contributed by atoms with van der Waals surface area (Å²) >= 11 is 0. The van der Waals surface area contributed by atoms with Gasteiger partial charge in [0.1, 0.15) is 0 Å². The van der Waals surface area contributed by atoms with E-state index in [1.807, 2.05) is 0 Å². The molecule has 0 fully saturated rings. The van der Waals surface area contributed by atoms with Crippen LogP contribution >= 0.6 is 0 Å². The van der Waals surface area contributed by atoms with Gasteiger partial charge in [-0.15, -0.1) is 10.2 Å². The monoisotopic (exact) mass is 366 g/mol. The van der Waals surface area contributed by atoms with E-state index < -0.39 is 10.2 Å². The maximum Gasteiger partial charge on any atom is 3.00 e. The number of halogens is 1. The van der Waals surface area contributed by atoms with Gasteiger partial charge in [-0.05, 0) is 0 Å². The Morgan fingerprint density at radius 3 is 0.500 bits per heavy atom. The normalized spacial score (nSPS) is 5.00. The summed E-state index contributed by atoms with van der Waals surface area (Å²) in [4.78, 5) is 0. The van der Waals surface area contributed by atoms with Gasteiger partial charge in [0.25, 0.3) is 0 Å². The van der Waals surface area contributed by atoms with Crippen LogP contribution in [-0.4, -0.2) is 32.9 Å². The molecule has 0 radical (unpaired) electrons. The minimum absolute atomic E-state index is 0. The average molecular weight is 366 g/mol. The van der Waals surface area contributed by atoms with Gasteiger partial charge >= 0.3 is 38.6 Å². The topological polar surface area (TPSA) is 281 Å². The molecule has 0 amide bonds. The van der Waals surface area contributed by atoms with E-state index in [2.05, 4.69) is 0 Å². The fourth-order valence-electron chi connectivity index (χ4n) is 0. The molecule has 0 aromatic rings. The zero-order chi connectivity index (χ0) is 4.50.